The van der Waals surface area contributed by atoms with Gasteiger partial charge in [-0.25, -0.2) is 0 Å². The summed E-state index contributed by atoms with van der Waals surface area (Å²) in [6, 6.07) is 3.85. The van der Waals surface area contributed by atoms with Gasteiger partial charge in [0.2, 0.25) is 0 Å². The fourth-order valence-electron chi connectivity index (χ4n) is 2.60. The molecule has 6 heteroatoms. The van der Waals surface area contributed by atoms with Crippen molar-refractivity contribution in [3.8, 4) is 11.4 Å². The van der Waals surface area contributed by atoms with Crippen molar-refractivity contribution in [2.75, 3.05) is 7.11 Å². The molecule has 2 aromatic heterocycles. The van der Waals surface area contributed by atoms with Gasteiger partial charge in [0.25, 0.3) is 0 Å². The third kappa shape index (κ3) is 2.29. The molecule has 1 aliphatic heterocycles. The maximum atomic E-state index is 11.7. The first-order chi connectivity index (χ1) is 9.79. The van der Waals surface area contributed by atoms with Gasteiger partial charge in [0, 0.05) is 30.9 Å². The minimum Gasteiger partial charge on any atom is -0.469 e. The van der Waals surface area contributed by atoms with E-state index in [0.717, 1.165) is 43.0 Å². The van der Waals surface area contributed by atoms with Crippen molar-refractivity contribution in [3.63, 3.8) is 0 Å². The highest BCUT2D eigenvalue weighted by Gasteiger charge is 2.25. The number of ether oxygens (including phenoxy) is 1. The third-order valence-corrected chi connectivity index (χ3v) is 3.70. The number of esters is 1. The second kappa shape index (κ2) is 5.40. The molecular formula is C14H16N4O2. The van der Waals surface area contributed by atoms with Crippen LogP contribution in [0.1, 0.15) is 18.7 Å². The normalized spacial score (nSPS) is 18.1. The molecule has 3 heterocycles. The van der Waals surface area contributed by atoms with E-state index in [0.29, 0.717) is 0 Å². The van der Waals surface area contributed by atoms with Crippen LogP contribution in [0, 0.1) is 5.92 Å². The molecule has 0 bridgehead atoms. The standard InChI is InChI=1S/C14H16N4O2/c1-20-14(19)10-4-5-12-16-17-13(18(12)8-6-10)11-3-2-7-15-9-11/h2-3,7,9-10H,4-6,8H2,1H3. The van der Waals surface area contributed by atoms with Crippen molar-refractivity contribution in [1.82, 2.24) is 19.7 Å². The summed E-state index contributed by atoms with van der Waals surface area (Å²) >= 11 is 0. The Kier molecular flexibility index (Phi) is 3.45. The Morgan fingerprint density at radius 2 is 2.30 bits per heavy atom. The Labute approximate surface area is 116 Å². The van der Waals surface area contributed by atoms with Gasteiger partial charge in [0.15, 0.2) is 5.82 Å². The topological polar surface area (TPSA) is 69.9 Å². The van der Waals surface area contributed by atoms with Crippen LogP contribution in [0.3, 0.4) is 0 Å². The largest absolute Gasteiger partial charge is 0.469 e. The molecule has 3 rings (SSSR count). The molecule has 1 aliphatic rings. The molecule has 0 fully saturated rings. The number of aromatic nitrogens is 4. The van der Waals surface area contributed by atoms with Crippen molar-refractivity contribution in [2.24, 2.45) is 5.92 Å². The zero-order valence-electron chi connectivity index (χ0n) is 11.3. The molecule has 1 unspecified atom stereocenters. The van der Waals surface area contributed by atoms with Crippen LogP contribution in [-0.2, 0) is 22.5 Å². The number of hydrogen-bond acceptors (Lipinski definition) is 5. The highest BCUT2D eigenvalue weighted by molar-refractivity contribution is 5.72. The summed E-state index contributed by atoms with van der Waals surface area (Å²) in [5, 5.41) is 8.50. The molecule has 1 atom stereocenters. The van der Waals surface area contributed by atoms with Gasteiger partial charge >= 0.3 is 5.97 Å². The second-order valence-corrected chi connectivity index (χ2v) is 4.88. The molecule has 0 amide bonds. The van der Waals surface area contributed by atoms with E-state index in [-0.39, 0.29) is 11.9 Å². The van der Waals surface area contributed by atoms with E-state index < -0.39 is 0 Å². The van der Waals surface area contributed by atoms with Crippen molar-refractivity contribution in [1.29, 1.82) is 0 Å². The van der Waals surface area contributed by atoms with Gasteiger partial charge < -0.3 is 9.30 Å². The highest BCUT2D eigenvalue weighted by atomic mass is 16.5. The van der Waals surface area contributed by atoms with Crippen molar-refractivity contribution >= 4 is 5.97 Å². The van der Waals surface area contributed by atoms with Gasteiger partial charge in [-0.1, -0.05) is 0 Å². The zero-order chi connectivity index (χ0) is 13.9. The van der Waals surface area contributed by atoms with E-state index in [2.05, 4.69) is 19.7 Å². The summed E-state index contributed by atoms with van der Waals surface area (Å²) in [5.74, 6) is 1.56. The maximum absolute atomic E-state index is 11.7. The number of carbonyl (C=O) groups is 1. The van der Waals surface area contributed by atoms with Gasteiger partial charge in [-0.2, -0.15) is 0 Å². The Hall–Kier alpha value is -2.24. The van der Waals surface area contributed by atoms with Crippen LogP contribution >= 0.6 is 0 Å². The predicted molar refractivity (Wildman–Crippen MR) is 71.7 cm³/mol. The maximum Gasteiger partial charge on any atom is 0.308 e. The molecule has 0 aliphatic carbocycles. The van der Waals surface area contributed by atoms with Crippen LogP contribution in [0.25, 0.3) is 11.4 Å². The monoisotopic (exact) mass is 272 g/mol. The number of nitrogens with zero attached hydrogens (tertiary/aromatic N) is 4. The summed E-state index contributed by atoms with van der Waals surface area (Å²) < 4.78 is 6.92. The number of hydrogen-bond donors (Lipinski definition) is 0. The lowest BCUT2D eigenvalue weighted by Crippen LogP contribution is -2.16. The Morgan fingerprint density at radius 3 is 3.05 bits per heavy atom. The van der Waals surface area contributed by atoms with Crippen LogP contribution in [0.15, 0.2) is 24.5 Å². The molecule has 0 aromatic carbocycles. The molecule has 104 valence electrons. The smallest absolute Gasteiger partial charge is 0.308 e. The SMILES string of the molecule is COC(=O)C1CCc2nnc(-c3cccnc3)n2CC1. The fourth-order valence-corrected chi connectivity index (χ4v) is 2.60. The minimum atomic E-state index is -0.133. The average molecular weight is 272 g/mol. The molecule has 2 aromatic rings. The summed E-state index contributed by atoms with van der Waals surface area (Å²) in [6.07, 6.45) is 5.77. The number of carbonyl (C=O) groups excluding carboxylic acids is 1. The van der Waals surface area contributed by atoms with Gasteiger partial charge in [0.05, 0.1) is 13.0 Å². The van der Waals surface area contributed by atoms with Crippen LogP contribution in [0.4, 0.5) is 0 Å². The van der Waals surface area contributed by atoms with Crippen LogP contribution in [-0.4, -0.2) is 32.8 Å². The average Bonchev–Trinajstić information content (AvgIpc) is 2.79. The summed E-state index contributed by atoms with van der Waals surface area (Å²) in [7, 11) is 1.44. The lowest BCUT2D eigenvalue weighted by Gasteiger charge is -2.10. The molecule has 6 nitrogen and oxygen atoms in total. The highest BCUT2D eigenvalue weighted by Crippen LogP contribution is 2.25. The molecule has 0 saturated carbocycles. The number of methoxy groups -OCH3 is 1. The zero-order valence-corrected chi connectivity index (χ0v) is 11.3. The lowest BCUT2D eigenvalue weighted by molar-refractivity contribution is -0.145. The van der Waals surface area contributed by atoms with Gasteiger partial charge in [0.1, 0.15) is 5.82 Å². The Morgan fingerprint density at radius 1 is 1.40 bits per heavy atom. The molecule has 20 heavy (non-hydrogen) atoms. The number of aryl methyl sites for hydroxylation is 1. The van der Waals surface area contributed by atoms with Crippen LogP contribution < -0.4 is 0 Å². The summed E-state index contributed by atoms with van der Waals surface area (Å²) in [5.41, 5.74) is 0.947. The van der Waals surface area contributed by atoms with Crippen LogP contribution in [0.2, 0.25) is 0 Å². The number of fused-ring (bicyclic) bond motifs is 1. The molecule has 0 spiro atoms. The van der Waals surface area contributed by atoms with E-state index in [9.17, 15) is 4.79 Å². The fraction of sp³-hybridized carbons (Fsp3) is 0.429. The first kappa shape index (κ1) is 12.8. The number of pyridine rings is 1. The van der Waals surface area contributed by atoms with Gasteiger partial charge in [-0.15, -0.1) is 10.2 Å². The first-order valence-electron chi connectivity index (χ1n) is 6.70. The van der Waals surface area contributed by atoms with E-state index in [1.165, 1.54) is 7.11 Å². The van der Waals surface area contributed by atoms with Crippen molar-refractivity contribution in [3.05, 3.63) is 30.4 Å². The summed E-state index contributed by atoms with van der Waals surface area (Å²) in [4.78, 5) is 15.8. The van der Waals surface area contributed by atoms with Gasteiger partial charge in [-0.05, 0) is 25.0 Å². The molecular weight excluding hydrogens is 256 g/mol. The number of rotatable bonds is 2. The third-order valence-electron chi connectivity index (χ3n) is 3.70. The first-order valence-corrected chi connectivity index (χ1v) is 6.70. The van der Waals surface area contributed by atoms with Crippen LogP contribution in [0.5, 0.6) is 0 Å². The predicted octanol–water partition coefficient (Wildman–Crippen LogP) is 1.47. The molecule has 0 saturated heterocycles. The van der Waals surface area contributed by atoms with E-state index in [1.807, 2.05) is 12.1 Å². The molecule has 0 radical (unpaired) electrons. The molecule has 0 N–H and O–H groups in total. The Bertz CT molecular complexity index is 609. The quantitative estimate of drug-likeness (QED) is 0.774. The van der Waals surface area contributed by atoms with Crippen molar-refractivity contribution in [2.45, 2.75) is 25.8 Å². The second-order valence-electron chi connectivity index (χ2n) is 4.88. The van der Waals surface area contributed by atoms with Crippen molar-refractivity contribution < 1.29 is 9.53 Å². The van der Waals surface area contributed by atoms with Gasteiger partial charge in [-0.3, -0.25) is 9.78 Å². The minimum absolute atomic E-state index is 0.0524. The van der Waals surface area contributed by atoms with E-state index >= 15 is 0 Å². The lowest BCUT2D eigenvalue weighted by atomic mass is 10.0. The van der Waals surface area contributed by atoms with E-state index in [1.54, 1.807) is 12.4 Å². The van der Waals surface area contributed by atoms with E-state index in [4.69, 9.17) is 4.74 Å². The summed E-state index contributed by atoms with van der Waals surface area (Å²) in [6.45, 7) is 0.728. The Balaban J connectivity index is 1.88.